The Morgan fingerprint density at radius 3 is 2.39 bits per heavy atom. The molecule has 2 aromatic carbocycles. The largest absolute Gasteiger partial charge is 0.593 e. The Kier molecular flexibility index (Phi) is 8.85. The molecule has 0 aliphatic heterocycles. The summed E-state index contributed by atoms with van der Waals surface area (Å²) in [4.78, 5) is 12.4. The van der Waals surface area contributed by atoms with Gasteiger partial charge < -0.3 is 19.9 Å². The molecule has 0 aromatic heterocycles. The minimum Gasteiger partial charge on any atom is -0.593 e. The van der Waals surface area contributed by atoms with Crippen LogP contribution in [0.25, 0.3) is 0 Å². The summed E-state index contributed by atoms with van der Waals surface area (Å²) in [6, 6.07) is 17.0. The molecule has 0 saturated heterocycles. The number of amides is 1. The van der Waals surface area contributed by atoms with E-state index in [4.69, 9.17) is 0 Å². The number of carbonyl (C=O) groups excluding carboxylic acids is 1. The number of aryl methyl sites for hydroxylation is 1. The summed E-state index contributed by atoms with van der Waals surface area (Å²) in [6.07, 6.45) is 0.407. The predicted molar refractivity (Wildman–Crippen MR) is 114 cm³/mol. The maximum Gasteiger partial charge on any atom is 0.475 e. The summed E-state index contributed by atoms with van der Waals surface area (Å²) in [5, 5.41) is 22.0. The summed E-state index contributed by atoms with van der Waals surface area (Å²) >= 11 is -1.23. The highest BCUT2D eigenvalue weighted by atomic mass is 32.2. The van der Waals surface area contributed by atoms with Crippen molar-refractivity contribution in [2.24, 2.45) is 0 Å². The lowest BCUT2D eigenvalue weighted by Gasteiger charge is -2.25. The molecule has 0 aliphatic carbocycles. The van der Waals surface area contributed by atoms with Gasteiger partial charge in [-0.05, 0) is 38.0 Å². The van der Waals surface area contributed by atoms with Gasteiger partial charge in [0.2, 0.25) is 5.91 Å². The highest BCUT2D eigenvalue weighted by molar-refractivity contribution is 7.92. The van der Waals surface area contributed by atoms with Crippen LogP contribution < -0.4 is 9.62 Å². The Morgan fingerprint density at radius 1 is 1.18 bits per heavy atom. The smallest absolute Gasteiger partial charge is 0.475 e. The number of anilines is 1. The first kappa shape index (κ1) is 22.3. The van der Waals surface area contributed by atoms with E-state index >= 15 is 0 Å². The lowest BCUT2D eigenvalue weighted by molar-refractivity contribution is -0.121. The molecule has 0 saturated carbocycles. The summed E-state index contributed by atoms with van der Waals surface area (Å²) in [5.74, 6) is -0.682. The third kappa shape index (κ3) is 6.87. The van der Waals surface area contributed by atoms with Gasteiger partial charge >= 0.3 is 7.12 Å². The second-order valence-electron chi connectivity index (χ2n) is 6.58. The molecule has 0 radical (unpaired) electrons. The fraction of sp³-hybridized carbons (Fsp3) is 0.350. The molecule has 1 amide bonds. The lowest BCUT2D eigenvalue weighted by atomic mass is 9.76. The molecule has 6 nitrogen and oxygen atoms in total. The molecule has 0 aliphatic rings. The van der Waals surface area contributed by atoms with Gasteiger partial charge in [-0.1, -0.05) is 48.0 Å². The van der Waals surface area contributed by atoms with E-state index < -0.39 is 24.4 Å². The number of benzene rings is 2. The van der Waals surface area contributed by atoms with Gasteiger partial charge in [-0.15, -0.1) is 0 Å². The first-order valence-electron chi connectivity index (χ1n) is 9.32. The van der Waals surface area contributed by atoms with Crippen LogP contribution in [-0.2, 0) is 22.6 Å². The van der Waals surface area contributed by atoms with E-state index in [0.29, 0.717) is 12.2 Å². The van der Waals surface area contributed by atoms with Crippen molar-refractivity contribution in [1.82, 2.24) is 5.32 Å². The molecule has 3 N–H and O–H groups in total. The number of rotatable bonds is 10. The minimum absolute atomic E-state index is 0.0950. The molecule has 2 aromatic rings. The molecule has 0 spiro atoms. The quantitative estimate of drug-likeness (QED) is 0.415. The zero-order valence-corrected chi connectivity index (χ0v) is 17.1. The zero-order chi connectivity index (χ0) is 20.5. The van der Waals surface area contributed by atoms with E-state index in [9.17, 15) is 19.4 Å². The second-order valence-corrected chi connectivity index (χ2v) is 8.24. The third-order valence-corrected chi connectivity index (χ3v) is 5.74. The summed E-state index contributed by atoms with van der Waals surface area (Å²) in [6.45, 7) is 4.07. The van der Waals surface area contributed by atoms with Gasteiger partial charge in [-0.25, -0.2) is 0 Å². The van der Waals surface area contributed by atoms with Crippen molar-refractivity contribution in [2.75, 3.05) is 16.6 Å². The van der Waals surface area contributed by atoms with Crippen molar-refractivity contribution in [3.8, 4) is 0 Å². The second kappa shape index (κ2) is 11.1. The van der Waals surface area contributed by atoms with Gasteiger partial charge in [0.1, 0.15) is 5.75 Å². The van der Waals surface area contributed by atoms with Crippen LogP contribution in [0.15, 0.2) is 54.6 Å². The number of para-hydroxylation sites is 1. The zero-order valence-electron chi connectivity index (χ0n) is 16.2. The highest BCUT2D eigenvalue weighted by Crippen LogP contribution is 2.18. The third-order valence-electron chi connectivity index (χ3n) is 4.36. The molecule has 1 unspecified atom stereocenters. The summed E-state index contributed by atoms with van der Waals surface area (Å²) < 4.78 is 14.0. The van der Waals surface area contributed by atoms with Crippen LogP contribution in [0.4, 0.5) is 5.69 Å². The summed E-state index contributed by atoms with van der Waals surface area (Å²) in [7, 11) is -1.67. The van der Waals surface area contributed by atoms with Gasteiger partial charge in [0.05, 0.1) is 29.5 Å². The monoisotopic (exact) mass is 402 g/mol. The number of nitrogens with one attached hydrogen (secondary N) is 1. The van der Waals surface area contributed by atoms with E-state index in [1.54, 1.807) is 4.31 Å². The average Bonchev–Trinajstić information content (AvgIpc) is 2.69. The molecule has 2 atom stereocenters. The predicted octanol–water partition coefficient (Wildman–Crippen LogP) is 1.61. The van der Waals surface area contributed by atoms with Gasteiger partial charge in [0.15, 0.2) is 0 Å². The van der Waals surface area contributed by atoms with Gasteiger partial charge in [0, 0.05) is 6.42 Å². The van der Waals surface area contributed by atoms with E-state index in [2.05, 4.69) is 5.32 Å². The lowest BCUT2D eigenvalue weighted by Crippen LogP contribution is -2.48. The standard InChI is InChI=1S/C20H27BN2O4S/c1-3-28(27)23(18-7-5-4-6-8-18)14-13-20(24)22-19(21(25)26)15-17-11-9-16(2)10-12-17/h4-12,19,25-26H,3,13-15H2,1-2H3,(H,22,24)/t19-,28?/m0/s1. The maximum atomic E-state index is 12.4. The first-order chi connectivity index (χ1) is 13.4. The molecule has 0 heterocycles. The van der Waals surface area contributed by atoms with Crippen molar-refractivity contribution < 1.29 is 19.4 Å². The number of hydrogen-bond acceptors (Lipinski definition) is 5. The molecular formula is C20H27BN2O4S. The normalized spacial score (nSPS) is 12.9. The van der Waals surface area contributed by atoms with Crippen LogP contribution >= 0.6 is 0 Å². The fourth-order valence-electron chi connectivity index (χ4n) is 2.79. The molecule has 150 valence electrons. The Bertz CT molecular complexity index is 731. The van der Waals surface area contributed by atoms with Gasteiger partial charge in [-0.3, -0.25) is 4.79 Å². The van der Waals surface area contributed by atoms with Crippen LogP contribution in [-0.4, -0.2) is 45.9 Å². The van der Waals surface area contributed by atoms with Gasteiger partial charge in [-0.2, -0.15) is 4.31 Å². The first-order valence-corrected chi connectivity index (χ1v) is 10.6. The average molecular weight is 402 g/mol. The van der Waals surface area contributed by atoms with E-state index in [0.717, 1.165) is 16.8 Å². The van der Waals surface area contributed by atoms with Crippen LogP contribution in [0.5, 0.6) is 0 Å². The van der Waals surface area contributed by atoms with Gasteiger partial charge in [0.25, 0.3) is 0 Å². The minimum atomic E-state index is -1.67. The fourth-order valence-corrected chi connectivity index (χ4v) is 3.75. The topological polar surface area (TPSA) is 95.9 Å². The van der Waals surface area contributed by atoms with Crippen LogP contribution in [0.2, 0.25) is 0 Å². The van der Waals surface area contributed by atoms with E-state index in [1.165, 1.54) is 0 Å². The Labute approximate surface area is 170 Å². The number of nitrogens with zero attached hydrogens (tertiary/aromatic N) is 1. The molecule has 8 heteroatoms. The number of carbonyl (C=O) groups is 1. The SMILES string of the molecule is CC[S+]([O-])N(CCC(=O)N[C@@H](Cc1ccc(C)cc1)B(O)O)c1ccccc1. The van der Waals surface area contributed by atoms with Crippen molar-refractivity contribution in [3.05, 3.63) is 65.7 Å². The van der Waals surface area contributed by atoms with E-state index in [-0.39, 0.29) is 18.9 Å². The molecule has 0 fully saturated rings. The van der Waals surface area contributed by atoms with Crippen LogP contribution in [0, 0.1) is 6.92 Å². The highest BCUT2D eigenvalue weighted by Gasteiger charge is 2.26. The molecule has 0 bridgehead atoms. The molecule has 2 rings (SSSR count). The maximum absolute atomic E-state index is 12.4. The van der Waals surface area contributed by atoms with Crippen LogP contribution in [0.1, 0.15) is 24.5 Å². The van der Waals surface area contributed by atoms with Crippen molar-refractivity contribution in [1.29, 1.82) is 0 Å². The van der Waals surface area contributed by atoms with Crippen molar-refractivity contribution in [2.45, 2.75) is 32.6 Å². The van der Waals surface area contributed by atoms with Crippen LogP contribution in [0.3, 0.4) is 0 Å². The van der Waals surface area contributed by atoms with E-state index in [1.807, 2.05) is 68.4 Å². The summed E-state index contributed by atoms with van der Waals surface area (Å²) in [5.41, 5.74) is 2.80. The Morgan fingerprint density at radius 2 is 1.82 bits per heavy atom. The Hall–Kier alpha value is -2.00. The Balaban J connectivity index is 1.96. The van der Waals surface area contributed by atoms with Crippen molar-refractivity contribution >= 4 is 30.1 Å². The molecule has 28 heavy (non-hydrogen) atoms. The number of hydrogen-bond donors (Lipinski definition) is 3. The van der Waals surface area contributed by atoms with Crippen molar-refractivity contribution in [3.63, 3.8) is 0 Å². The molecular weight excluding hydrogens is 375 g/mol.